The third-order valence-electron chi connectivity index (χ3n) is 1.49. The molecular weight excluding hydrogens is 180 g/mol. The molecule has 0 aromatic carbocycles. The zero-order chi connectivity index (χ0) is 10.6. The number of nitrogens with two attached hydrogens (primary N) is 1. The molecule has 5 nitrogen and oxygen atoms in total. The standard InChI is InChI=1S/C9H14N4O/c1-6(2)12-9(14)13-8-7(10)4-3-5-11-8/h3-6H,10H2,1-2H3,(H2,11,12,13,14). The van der Waals surface area contributed by atoms with Gasteiger partial charge in [-0.3, -0.25) is 5.32 Å². The van der Waals surface area contributed by atoms with Crippen molar-refractivity contribution in [2.45, 2.75) is 19.9 Å². The lowest BCUT2D eigenvalue weighted by Gasteiger charge is -2.10. The van der Waals surface area contributed by atoms with E-state index in [2.05, 4.69) is 15.6 Å². The molecule has 1 aromatic rings. The third kappa shape index (κ3) is 2.93. The van der Waals surface area contributed by atoms with Crippen molar-refractivity contribution in [1.82, 2.24) is 10.3 Å². The Bertz CT molecular complexity index is 324. The van der Waals surface area contributed by atoms with E-state index in [1.54, 1.807) is 18.3 Å². The molecule has 0 bridgehead atoms. The fourth-order valence-electron chi connectivity index (χ4n) is 0.928. The first-order valence-electron chi connectivity index (χ1n) is 4.37. The zero-order valence-electron chi connectivity index (χ0n) is 8.24. The molecule has 2 amide bonds. The van der Waals surface area contributed by atoms with Crippen LogP contribution in [0.4, 0.5) is 16.3 Å². The summed E-state index contributed by atoms with van der Waals surface area (Å²) in [6, 6.07) is 3.17. The summed E-state index contributed by atoms with van der Waals surface area (Å²) < 4.78 is 0. The molecule has 0 spiro atoms. The van der Waals surface area contributed by atoms with Gasteiger partial charge in [0.05, 0.1) is 5.69 Å². The van der Waals surface area contributed by atoms with Crippen LogP contribution in [0.1, 0.15) is 13.8 Å². The van der Waals surface area contributed by atoms with Crippen LogP contribution in [0.25, 0.3) is 0 Å². The molecule has 1 aromatic heterocycles. The second-order valence-corrected chi connectivity index (χ2v) is 3.19. The van der Waals surface area contributed by atoms with Gasteiger partial charge < -0.3 is 11.1 Å². The molecule has 1 rings (SSSR count). The van der Waals surface area contributed by atoms with Crippen LogP contribution >= 0.6 is 0 Å². The number of nitrogens with one attached hydrogen (secondary N) is 2. The molecule has 0 aliphatic rings. The lowest BCUT2D eigenvalue weighted by Crippen LogP contribution is -2.34. The van der Waals surface area contributed by atoms with Crippen molar-refractivity contribution in [3.05, 3.63) is 18.3 Å². The second kappa shape index (κ2) is 4.45. The summed E-state index contributed by atoms with van der Waals surface area (Å²) >= 11 is 0. The van der Waals surface area contributed by atoms with E-state index in [4.69, 9.17) is 5.73 Å². The molecule has 1 heterocycles. The number of carbonyl (C=O) groups excluding carboxylic acids is 1. The Morgan fingerprint density at radius 1 is 1.57 bits per heavy atom. The summed E-state index contributed by atoms with van der Waals surface area (Å²) in [5, 5.41) is 5.23. The Morgan fingerprint density at radius 3 is 2.86 bits per heavy atom. The van der Waals surface area contributed by atoms with Crippen LogP contribution in [0.15, 0.2) is 18.3 Å². The summed E-state index contributed by atoms with van der Waals surface area (Å²) in [6.45, 7) is 3.75. The van der Waals surface area contributed by atoms with E-state index in [1.807, 2.05) is 13.8 Å². The lowest BCUT2D eigenvalue weighted by atomic mass is 10.4. The minimum atomic E-state index is -0.301. The van der Waals surface area contributed by atoms with Crippen LogP contribution in [-0.2, 0) is 0 Å². The molecule has 0 saturated carbocycles. The maximum atomic E-state index is 11.3. The Labute approximate surface area is 82.7 Å². The SMILES string of the molecule is CC(C)NC(=O)Nc1ncccc1N. The van der Waals surface area contributed by atoms with E-state index in [9.17, 15) is 4.79 Å². The highest BCUT2D eigenvalue weighted by molar-refractivity contribution is 5.91. The average Bonchev–Trinajstić information content (AvgIpc) is 2.07. The zero-order valence-corrected chi connectivity index (χ0v) is 8.24. The predicted octanol–water partition coefficient (Wildman–Crippen LogP) is 1.19. The summed E-state index contributed by atoms with van der Waals surface area (Å²) in [7, 11) is 0. The van der Waals surface area contributed by atoms with E-state index in [0.717, 1.165) is 0 Å². The van der Waals surface area contributed by atoms with Crippen molar-refractivity contribution in [3.8, 4) is 0 Å². The first-order valence-corrected chi connectivity index (χ1v) is 4.37. The molecule has 5 heteroatoms. The van der Waals surface area contributed by atoms with Crippen LogP contribution in [-0.4, -0.2) is 17.1 Å². The van der Waals surface area contributed by atoms with E-state index in [1.165, 1.54) is 0 Å². The van der Waals surface area contributed by atoms with Gasteiger partial charge in [-0.05, 0) is 26.0 Å². The van der Waals surface area contributed by atoms with Gasteiger partial charge >= 0.3 is 6.03 Å². The number of hydrogen-bond donors (Lipinski definition) is 3. The largest absolute Gasteiger partial charge is 0.396 e. The van der Waals surface area contributed by atoms with Crippen molar-refractivity contribution in [2.24, 2.45) is 0 Å². The van der Waals surface area contributed by atoms with Crippen LogP contribution in [0.3, 0.4) is 0 Å². The molecule has 0 radical (unpaired) electrons. The minimum absolute atomic E-state index is 0.0833. The van der Waals surface area contributed by atoms with Gasteiger partial charge in [0.15, 0.2) is 5.82 Å². The van der Waals surface area contributed by atoms with Gasteiger partial charge in [0.1, 0.15) is 0 Å². The maximum Gasteiger partial charge on any atom is 0.320 e. The average molecular weight is 194 g/mol. The highest BCUT2D eigenvalue weighted by atomic mass is 16.2. The Morgan fingerprint density at radius 2 is 2.29 bits per heavy atom. The first kappa shape index (κ1) is 10.3. The van der Waals surface area contributed by atoms with Crippen LogP contribution in [0, 0.1) is 0 Å². The monoisotopic (exact) mass is 194 g/mol. The molecule has 0 saturated heterocycles. The lowest BCUT2D eigenvalue weighted by molar-refractivity contribution is 0.250. The van der Waals surface area contributed by atoms with E-state index in [-0.39, 0.29) is 12.1 Å². The number of carbonyl (C=O) groups is 1. The number of hydrogen-bond acceptors (Lipinski definition) is 3. The molecule has 76 valence electrons. The van der Waals surface area contributed by atoms with Gasteiger partial charge in [-0.2, -0.15) is 0 Å². The second-order valence-electron chi connectivity index (χ2n) is 3.19. The topological polar surface area (TPSA) is 80.0 Å². The van der Waals surface area contributed by atoms with Crippen molar-refractivity contribution >= 4 is 17.5 Å². The van der Waals surface area contributed by atoms with Gasteiger partial charge in [-0.25, -0.2) is 9.78 Å². The smallest absolute Gasteiger partial charge is 0.320 e. The van der Waals surface area contributed by atoms with Gasteiger partial charge in [-0.15, -0.1) is 0 Å². The molecular formula is C9H14N4O. The summed E-state index contributed by atoms with van der Waals surface area (Å²) in [5.41, 5.74) is 6.05. The van der Waals surface area contributed by atoms with Gasteiger partial charge in [0, 0.05) is 12.2 Å². The van der Waals surface area contributed by atoms with Crippen molar-refractivity contribution in [3.63, 3.8) is 0 Å². The van der Waals surface area contributed by atoms with E-state index >= 15 is 0 Å². The van der Waals surface area contributed by atoms with Crippen LogP contribution < -0.4 is 16.4 Å². The summed E-state index contributed by atoms with van der Waals surface area (Å²) in [4.78, 5) is 15.2. The molecule has 0 unspecified atom stereocenters. The number of amides is 2. The Hall–Kier alpha value is -1.78. The fourth-order valence-corrected chi connectivity index (χ4v) is 0.928. The molecule has 0 fully saturated rings. The number of anilines is 2. The van der Waals surface area contributed by atoms with Gasteiger partial charge in [0.2, 0.25) is 0 Å². The summed E-state index contributed by atoms with van der Waals surface area (Å²) in [6.07, 6.45) is 1.57. The predicted molar refractivity (Wildman–Crippen MR) is 55.9 cm³/mol. The number of pyridine rings is 1. The first-order chi connectivity index (χ1) is 6.59. The van der Waals surface area contributed by atoms with Crippen molar-refractivity contribution < 1.29 is 4.79 Å². The van der Waals surface area contributed by atoms with Gasteiger partial charge in [-0.1, -0.05) is 0 Å². The van der Waals surface area contributed by atoms with E-state index < -0.39 is 0 Å². The molecule has 0 aliphatic heterocycles. The molecule has 14 heavy (non-hydrogen) atoms. The number of nitrogen functional groups attached to an aromatic ring is 1. The van der Waals surface area contributed by atoms with E-state index in [0.29, 0.717) is 11.5 Å². The fraction of sp³-hybridized carbons (Fsp3) is 0.333. The number of urea groups is 1. The molecule has 0 atom stereocenters. The van der Waals surface area contributed by atoms with Crippen molar-refractivity contribution in [1.29, 1.82) is 0 Å². The quantitative estimate of drug-likeness (QED) is 0.661. The van der Waals surface area contributed by atoms with Crippen molar-refractivity contribution in [2.75, 3.05) is 11.1 Å². The minimum Gasteiger partial charge on any atom is -0.396 e. The highest BCUT2D eigenvalue weighted by Crippen LogP contribution is 2.12. The highest BCUT2D eigenvalue weighted by Gasteiger charge is 2.05. The number of rotatable bonds is 2. The molecule has 4 N–H and O–H groups in total. The molecule has 0 aliphatic carbocycles. The number of nitrogens with zero attached hydrogens (tertiary/aromatic N) is 1. The summed E-state index contributed by atoms with van der Waals surface area (Å²) in [5.74, 6) is 0.380. The van der Waals surface area contributed by atoms with Crippen LogP contribution in [0.2, 0.25) is 0 Å². The number of aromatic nitrogens is 1. The Balaban J connectivity index is 2.61. The maximum absolute atomic E-state index is 11.3. The van der Waals surface area contributed by atoms with Crippen LogP contribution in [0.5, 0.6) is 0 Å². The van der Waals surface area contributed by atoms with Gasteiger partial charge in [0.25, 0.3) is 0 Å². The third-order valence-corrected chi connectivity index (χ3v) is 1.49. The Kier molecular flexibility index (Phi) is 3.28. The normalized spacial score (nSPS) is 9.93.